The van der Waals surface area contributed by atoms with Crippen LogP contribution in [0.5, 0.6) is 5.75 Å². The zero-order valence-corrected chi connectivity index (χ0v) is 10.1. The largest absolute Gasteiger partial charge is 0.496 e. The molecule has 15 heavy (non-hydrogen) atoms. The van der Waals surface area contributed by atoms with E-state index < -0.39 is 0 Å². The lowest BCUT2D eigenvalue weighted by atomic mass is 10.1. The van der Waals surface area contributed by atoms with Gasteiger partial charge in [-0.3, -0.25) is 0 Å². The molecule has 1 unspecified atom stereocenters. The van der Waals surface area contributed by atoms with Crippen LogP contribution in [0.15, 0.2) is 11.4 Å². The van der Waals surface area contributed by atoms with Crippen molar-refractivity contribution in [1.82, 2.24) is 5.32 Å². The van der Waals surface area contributed by atoms with Gasteiger partial charge >= 0.3 is 0 Å². The minimum absolute atomic E-state index is 0.396. The maximum absolute atomic E-state index is 5.23. The molecule has 1 atom stereocenters. The number of nitrogens with one attached hydrogen (secondary N) is 1. The number of ether oxygens (including phenoxy) is 1. The van der Waals surface area contributed by atoms with Crippen LogP contribution in [0.25, 0.3) is 0 Å². The minimum atomic E-state index is 0.396. The molecule has 1 aromatic heterocycles. The molecule has 0 saturated heterocycles. The first-order valence-electron chi connectivity index (χ1n) is 5.05. The van der Waals surface area contributed by atoms with E-state index in [0.29, 0.717) is 6.04 Å². The van der Waals surface area contributed by atoms with Gasteiger partial charge in [-0.1, -0.05) is 0 Å². The van der Waals surface area contributed by atoms with E-state index >= 15 is 0 Å². The number of methoxy groups -OCH3 is 1. The van der Waals surface area contributed by atoms with Crippen LogP contribution in [0.2, 0.25) is 0 Å². The molecule has 1 aromatic rings. The van der Waals surface area contributed by atoms with Gasteiger partial charge in [0.25, 0.3) is 0 Å². The molecule has 0 aromatic carbocycles. The molecule has 1 N–H and O–H groups in total. The van der Waals surface area contributed by atoms with Crippen molar-refractivity contribution in [2.45, 2.75) is 25.3 Å². The fourth-order valence-electron chi connectivity index (χ4n) is 1.46. The fraction of sp³-hybridized carbons (Fsp3) is 0.500. The van der Waals surface area contributed by atoms with Crippen molar-refractivity contribution in [3.63, 3.8) is 0 Å². The molecule has 0 spiro atoms. The van der Waals surface area contributed by atoms with Crippen molar-refractivity contribution in [2.75, 3.05) is 14.2 Å². The van der Waals surface area contributed by atoms with Gasteiger partial charge in [-0.15, -0.1) is 23.7 Å². The van der Waals surface area contributed by atoms with Gasteiger partial charge in [0.2, 0.25) is 0 Å². The summed E-state index contributed by atoms with van der Waals surface area (Å²) in [5.74, 6) is 3.60. The van der Waals surface area contributed by atoms with E-state index in [0.717, 1.165) is 25.0 Å². The van der Waals surface area contributed by atoms with Gasteiger partial charge in [-0.2, -0.15) is 0 Å². The number of hydrogen-bond donors (Lipinski definition) is 1. The van der Waals surface area contributed by atoms with Crippen LogP contribution in [-0.2, 0) is 0 Å². The highest BCUT2D eigenvalue weighted by Crippen LogP contribution is 2.29. The molecule has 0 radical (unpaired) electrons. The Labute approximate surface area is 95.7 Å². The van der Waals surface area contributed by atoms with Crippen LogP contribution in [0.1, 0.15) is 30.2 Å². The zero-order chi connectivity index (χ0) is 11.1. The van der Waals surface area contributed by atoms with Crippen molar-refractivity contribution in [1.29, 1.82) is 0 Å². The molecule has 1 rings (SSSR count). The first kappa shape index (κ1) is 12.1. The van der Waals surface area contributed by atoms with Gasteiger partial charge in [0.1, 0.15) is 5.75 Å². The van der Waals surface area contributed by atoms with Gasteiger partial charge in [0.05, 0.1) is 7.11 Å². The maximum Gasteiger partial charge on any atom is 0.129 e. The Morgan fingerprint density at radius 1 is 1.67 bits per heavy atom. The van der Waals surface area contributed by atoms with Crippen LogP contribution in [-0.4, -0.2) is 14.2 Å². The molecular formula is C12H17NOS. The second-order valence-corrected chi connectivity index (χ2v) is 4.27. The summed E-state index contributed by atoms with van der Waals surface area (Å²) in [4.78, 5) is 1.31. The Kier molecular flexibility index (Phi) is 5.23. The van der Waals surface area contributed by atoms with Crippen molar-refractivity contribution in [2.24, 2.45) is 0 Å². The molecule has 2 nitrogen and oxygen atoms in total. The topological polar surface area (TPSA) is 21.3 Å². The Morgan fingerprint density at radius 3 is 3.00 bits per heavy atom. The number of thiophene rings is 1. The third-order valence-corrected chi connectivity index (χ3v) is 3.36. The lowest BCUT2D eigenvalue weighted by Crippen LogP contribution is -2.14. The number of rotatable bonds is 6. The van der Waals surface area contributed by atoms with Crippen LogP contribution in [0.4, 0.5) is 0 Å². The van der Waals surface area contributed by atoms with Gasteiger partial charge in [0.15, 0.2) is 0 Å². The minimum Gasteiger partial charge on any atom is -0.496 e. The number of unbranched alkanes of at least 4 members (excludes halogenated alkanes) is 1. The Bertz CT molecular complexity index is 327. The summed E-state index contributed by atoms with van der Waals surface area (Å²) in [6.07, 6.45) is 8.21. The van der Waals surface area contributed by atoms with Crippen LogP contribution in [0.3, 0.4) is 0 Å². The van der Waals surface area contributed by atoms with Crippen molar-refractivity contribution in [3.05, 3.63) is 16.3 Å². The van der Waals surface area contributed by atoms with Crippen molar-refractivity contribution in [3.8, 4) is 18.1 Å². The zero-order valence-electron chi connectivity index (χ0n) is 9.25. The van der Waals surface area contributed by atoms with E-state index in [1.54, 1.807) is 18.4 Å². The molecular weight excluding hydrogens is 206 g/mol. The predicted molar refractivity (Wildman–Crippen MR) is 65.4 cm³/mol. The predicted octanol–water partition coefficient (Wildman–Crippen LogP) is 2.82. The average molecular weight is 223 g/mol. The van der Waals surface area contributed by atoms with E-state index in [1.165, 1.54) is 4.88 Å². The molecule has 0 aliphatic heterocycles. The lowest BCUT2D eigenvalue weighted by molar-refractivity contribution is 0.415. The number of hydrogen-bond acceptors (Lipinski definition) is 3. The van der Waals surface area contributed by atoms with Crippen LogP contribution < -0.4 is 10.1 Å². The SMILES string of the molecule is C#CCCCC(NC)c1cc(OC)cs1. The van der Waals surface area contributed by atoms with E-state index in [2.05, 4.69) is 17.3 Å². The number of terminal acetylenes is 1. The summed E-state index contributed by atoms with van der Waals surface area (Å²) in [5, 5.41) is 5.33. The summed E-state index contributed by atoms with van der Waals surface area (Å²) in [5.41, 5.74) is 0. The second kappa shape index (κ2) is 6.49. The average Bonchev–Trinajstić information content (AvgIpc) is 2.73. The van der Waals surface area contributed by atoms with Crippen LogP contribution in [0, 0.1) is 12.3 Å². The third kappa shape index (κ3) is 3.58. The van der Waals surface area contributed by atoms with Crippen molar-refractivity contribution >= 4 is 11.3 Å². The summed E-state index contributed by atoms with van der Waals surface area (Å²) >= 11 is 1.73. The van der Waals surface area contributed by atoms with Gasteiger partial charge in [-0.05, 0) is 26.0 Å². The Hall–Kier alpha value is -0.980. The first-order valence-corrected chi connectivity index (χ1v) is 5.93. The lowest BCUT2D eigenvalue weighted by Gasteiger charge is -2.13. The molecule has 0 amide bonds. The quantitative estimate of drug-likeness (QED) is 0.591. The molecule has 1 heterocycles. The van der Waals surface area contributed by atoms with Gasteiger partial charge in [-0.25, -0.2) is 0 Å². The van der Waals surface area contributed by atoms with E-state index in [-0.39, 0.29) is 0 Å². The second-order valence-electron chi connectivity index (χ2n) is 3.33. The molecule has 0 bridgehead atoms. The van der Waals surface area contributed by atoms with Gasteiger partial charge < -0.3 is 10.1 Å². The summed E-state index contributed by atoms with van der Waals surface area (Å²) in [6, 6.07) is 2.48. The molecule has 82 valence electrons. The Morgan fingerprint density at radius 2 is 2.47 bits per heavy atom. The molecule has 0 fully saturated rings. The molecule has 0 aliphatic rings. The van der Waals surface area contributed by atoms with E-state index in [4.69, 9.17) is 11.2 Å². The first-order chi connectivity index (χ1) is 7.31. The fourth-order valence-corrected chi connectivity index (χ4v) is 2.46. The van der Waals surface area contributed by atoms with E-state index in [1.807, 2.05) is 12.4 Å². The summed E-state index contributed by atoms with van der Waals surface area (Å²) in [6.45, 7) is 0. The molecule has 0 saturated carbocycles. The molecule has 3 heteroatoms. The highest BCUT2D eigenvalue weighted by atomic mass is 32.1. The molecule has 0 aliphatic carbocycles. The highest BCUT2D eigenvalue weighted by Gasteiger charge is 2.11. The maximum atomic E-state index is 5.23. The Balaban J connectivity index is 2.54. The van der Waals surface area contributed by atoms with Gasteiger partial charge in [0, 0.05) is 22.7 Å². The van der Waals surface area contributed by atoms with Crippen molar-refractivity contribution < 1.29 is 4.74 Å². The summed E-state index contributed by atoms with van der Waals surface area (Å²) in [7, 11) is 3.67. The smallest absolute Gasteiger partial charge is 0.129 e. The van der Waals surface area contributed by atoms with E-state index in [9.17, 15) is 0 Å². The standard InChI is InChI=1S/C12H17NOS/c1-4-5-6-7-11(13-2)12-8-10(14-3)9-15-12/h1,8-9,11,13H,5-7H2,2-3H3. The highest BCUT2D eigenvalue weighted by molar-refractivity contribution is 7.10. The monoisotopic (exact) mass is 223 g/mol. The normalized spacial score (nSPS) is 12.1. The summed E-state index contributed by atoms with van der Waals surface area (Å²) < 4.78 is 5.17. The van der Waals surface area contributed by atoms with Crippen LogP contribution >= 0.6 is 11.3 Å². The third-order valence-electron chi connectivity index (χ3n) is 2.34.